The second-order valence-electron chi connectivity index (χ2n) is 5.74. The highest BCUT2D eigenvalue weighted by Crippen LogP contribution is 2.27. The normalized spacial score (nSPS) is 10.8. The number of benzene rings is 3. The summed E-state index contributed by atoms with van der Waals surface area (Å²) in [6, 6.07) is 29.7. The van der Waals surface area contributed by atoms with Gasteiger partial charge in [-0.2, -0.15) is 0 Å². The molecule has 0 N–H and O–H groups in total. The van der Waals surface area contributed by atoms with Gasteiger partial charge in [0, 0.05) is 11.8 Å². The third-order valence-corrected chi connectivity index (χ3v) is 4.14. The Hall–Kier alpha value is -2.93. The average molecular weight is 295 g/mol. The predicted octanol–water partition coefficient (Wildman–Crippen LogP) is 5.49. The molecule has 0 spiro atoms. The van der Waals surface area contributed by atoms with Crippen LogP contribution >= 0.6 is 0 Å². The SMILES string of the molecule is c1ccc(Cc2ccnc(-c3cccc4ccccc34)c2)cc1. The van der Waals surface area contributed by atoms with Crippen molar-refractivity contribution >= 4 is 10.8 Å². The maximum Gasteiger partial charge on any atom is 0.0711 e. The summed E-state index contributed by atoms with van der Waals surface area (Å²) in [6.07, 6.45) is 2.84. The van der Waals surface area contributed by atoms with Crippen LogP contribution in [0.3, 0.4) is 0 Å². The monoisotopic (exact) mass is 295 g/mol. The molecule has 0 saturated carbocycles. The van der Waals surface area contributed by atoms with E-state index in [0.29, 0.717) is 0 Å². The van der Waals surface area contributed by atoms with Gasteiger partial charge >= 0.3 is 0 Å². The minimum atomic E-state index is 0.932. The highest BCUT2D eigenvalue weighted by Gasteiger charge is 2.06. The van der Waals surface area contributed by atoms with E-state index in [1.54, 1.807) is 0 Å². The van der Waals surface area contributed by atoms with E-state index in [2.05, 4.69) is 89.9 Å². The molecule has 0 aliphatic heterocycles. The third kappa shape index (κ3) is 2.86. The molecule has 110 valence electrons. The average Bonchev–Trinajstić information content (AvgIpc) is 2.62. The van der Waals surface area contributed by atoms with Crippen molar-refractivity contribution < 1.29 is 0 Å². The van der Waals surface area contributed by atoms with Gasteiger partial charge in [-0.15, -0.1) is 0 Å². The summed E-state index contributed by atoms with van der Waals surface area (Å²) in [7, 11) is 0. The summed E-state index contributed by atoms with van der Waals surface area (Å²) < 4.78 is 0. The van der Waals surface area contributed by atoms with Crippen LogP contribution in [0.5, 0.6) is 0 Å². The highest BCUT2D eigenvalue weighted by atomic mass is 14.7. The molecule has 0 aliphatic carbocycles. The van der Waals surface area contributed by atoms with E-state index in [0.717, 1.165) is 12.1 Å². The van der Waals surface area contributed by atoms with Crippen molar-refractivity contribution in [1.82, 2.24) is 4.98 Å². The first kappa shape index (κ1) is 13.7. The van der Waals surface area contributed by atoms with Crippen LogP contribution in [0.4, 0.5) is 0 Å². The molecule has 1 heteroatoms. The lowest BCUT2D eigenvalue weighted by molar-refractivity contribution is 1.17. The van der Waals surface area contributed by atoms with Crippen LogP contribution in [0.2, 0.25) is 0 Å². The van der Waals surface area contributed by atoms with E-state index in [9.17, 15) is 0 Å². The van der Waals surface area contributed by atoms with Gasteiger partial charge in [0.05, 0.1) is 5.69 Å². The smallest absolute Gasteiger partial charge is 0.0711 e. The summed E-state index contributed by atoms with van der Waals surface area (Å²) in [4.78, 5) is 4.60. The van der Waals surface area contributed by atoms with Crippen LogP contribution in [0.15, 0.2) is 91.1 Å². The Morgan fingerprint density at radius 3 is 2.35 bits per heavy atom. The van der Waals surface area contributed by atoms with Crippen molar-refractivity contribution in [2.75, 3.05) is 0 Å². The summed E-state index contributed by atoms with van der Waals surface area (Å²) in [6.45, 7) is 0. The summed E-state index contributed by atoms with van der Waals surface area (Å²) in [5, 5.41) is 2.50. The molecular weight excluding hydrogens is 278 g/mol. The van der Waals surface area contributed by atoms with Gasteiger partial charge in [0.25, 0.3) is 0 Å². The Bertz CT molecular complexity index is 937. The number of hydrogen-bond donors (Lipinski definition) is 0. The molecule has 1 nitrogen and oxygen atoms in total. The van der Waals surface area contributed by atoms with Crippen LogP contribution < -0.4 is 0 Å². The Morgan fingerprint density at radius 1 is 0.652 bits per heavy atom. The minimum Gasteiger partial charge on any atom is -0.256 e. The van der Waals surface area contributed by atoms with Crippen LogP contribution in [0.1, 0.15) is 11.1 Å². The van der Waals surface area contributed by atoms with E-state index in [4.69, 9.17) is 0 Å². The van der Waals surface area contributed by atoms with Crippen molar-refractivity contribution in [3.63, 3.8) is 0 Å². The van der Waals surface area contributed by atoms with Gasteiger partial charge in [-0.3, -0.25) is 4.98 Å². The molecular formula is C22H17N. The third-order valence-electron chi connectivity index (χ3n) is 4.14. The topological polar surface area (TPSA) is 12.9 Å². The number of pyridine rings is 1. The van der Waals surface area contributed by atoms with Crippen molar-refractivity contribution in [1.29, 1.82) is 0 Å². The fraction of sp³-hybridized carbons (Fsp3) is 0.0455. The lowest BCUT2D eigenvalue weighted by atomic mass is 9.99. The minimum absolute atomic E-state index is 0.932. The first-order chi connectivity index (χ1) is 11.4. The Labute approximate surface area is 136 Å². The lowest BCUT2D eigenvalue weighted by Gasteiger charge is -2.08. The Balaban J connectivity index is 1.76. The van der Waals surface area contributed by atoms with Crippen LogP contribution in [0, 0.1) is 0 Å². The van der Waals surface area contributed by atoms with Crippen LogP contribution in [-0.4, -0.2) is 4.98 Å². The van der Waals surface area contributed by atoms with E-state index in [1.165, 1.54) is 27.5 Å². The van der Waals surface area contributed by atoms with Crippen molar-refractivity contribution in [2.45, 2.75) is 6.42 Å². The summed E-state index contributed by atoms with van der Waals surface area (Å²) in [5.41, 5.74) is 4.84. The molecule has 23 heavy (non-hydrogen) atoms. The molecule has 4 aromatic rings. The molecule has 0 atom stereocenters. The van der Waals surface area contributed by atoms with E-state index in [-0.39, 0.29) is 0 Å². The molecule has 4 rings (SSSR count). The van der Waals surface area contributed by atoms with Crippen molar-refractivity contribution in [3.8, 4) is 11.3 Å². The maximum atomic E-state index is 4.60. The standard InChI is InChI=1S/C22H17N/c1-2-7-17(8-3-1)15-18-13-14-23-22(16-18)21-12-6-10-19-9-4-5-11-20(19)21/h1-14,16H,15H2. The predicted molar refractivity (Wildman–Crippen MR) is 96.4 cm³/mol. The van der Waals surface area contributed by atoms with Gasteiger partial charge in [0.15, 0.2) is 0 Å². The molecule has 0 unspecified atom stereocenters. The number of rotatable bonds is 3. The second kappa shape index (κ2) is 6.05. The largest absolute Gasteiger partial charge is 0.256 e. The second-order valence-corrected chi connectivity index (χ2v) is 5.74. The quantitative estimate of drug-likeness (QED) is 0.487. The van der Waals surface area contributed by atoms with E-state index < -0.39 is 0 Å². The Kier molecular flexibility index (Phi) is 3.61. The Morgan fingerprint density at radius 2 is 1.43 bits per heavy atom. The number of hydrogen-bond acceptors (Lipinski definition) is 1. The van der Waals surface area contributed by atoms with Gasteiger partial charge in [0.2, 0.25) is 0 Å². The van der Waals surface area contributed by atoms with E-state index >= 15 is 0 Å². The maximum absolute atomic E-state index is 4.60. The molecule has 1 aromatic heterocycles. The zero-order valence-electron chi connectivity index (χ0n) is 12.8. The number of aromatic nitrogens is 1. The zero-order valence-corrected chi connectivity index (χ0v) is 12.8. The molecule has 3 aromatic carbocycles. The molecule has 0 aliphatic rings. The van der Waals surface area contributed by atoms with E-state index in [1.807, 2.05) is 6.20 Å². The number of fused-ring (bicyclic) bond motifs is 1. The van der Waals surface area contributed by atoms with Gasteiger partial charge in [-0.1, -0.05) is 72.8 Å². The number of nitrogens with zero attached hydrogens (tertiary/aromatic N) is 1. The fourth-order valence-corrected chi connectivity index (χ4v) is 3.01. The van der Waals surface area contributed by atoms with Crippen molar-refractivity contribution in [3.05, 3.63) is 102 Å². The molecule has 0 amide bonds. The summed E-state index contributed by atoms with van der Waals surface area (Å²) in [5.74, 6) is 0. The zero-order chi connectivity index (χ0) is 15.5. The van der Waals surface area contributed by atoms with Crippen LogP contribution in [0.25, 0.3) is 22.0 Å². The molecule has 0 radical (unpaired) electrons. The fourth-order valence-electron chi connectivity index (χ4n) is 3.01. The van der Waals surface area contributed by atoms with Gasteiger partial charge in [0.1, 0.15) is 0 Å². The first-order valence-corrected chi connectivity index (χ1v) is 7.87. The first-order valence-electron chi connectivity index (χ1n) is 7.87. The summed E-state index contributed by atoms with van der Waals surface area (Å²) >= 11 is 0. The molecule has 0 fully saturated rings. The molecule has 0 saturated heterocycles. The highest BCUT2D eigenvalue weighted by molar-refractivity contribution is 5.95. The molecule has 0 bridgehead atoms. The van der Waals surface area contributed by atoms with Gasteiger partial charge < -0.3 is 0 Å². The van der Waals surface area contributed by atoms with Gasteiger partial charge in [-0.05, 0) is 40.5 Å². The van der Waals surface area contributed by atoms with Gasteiger partial charge in [-0.25, -0.2) is 0 Å². The molecule has 1 heterocycles. The lowest BCUT2D eigenvalue weighted by Crippen LogP contribution is -1.91. The van der Waals surface area contributed by atoms with Crippen LogP contribution in [-0.2, 0) is 6.42 Å². The van der Waals surface area contributed by atoms with Crippen molar-refractivity contribution in [2.24, 2.45) is 0 Å².